The number of carbonyl (C=O) groups is 1. The smallest absolute Gasteiger partial charge is 0.243 e. The zero-order chi connectivity index (χ0) is 15.6. The minimum absolute atomic E-state index is 0.0356. The first-order valence-electron chi connectivity index (χ1n) is 7.12. The molecule has 0 fully saturated rings. The first-order chi connectivity index (χ1) is 9.78. The maximum Gasteiger partial charge on any atom is 0.372 e. The number of hydrogen-bond acceptors (Lipinski definition) is 5. The molecule has 0 N–H and O–H groups in total. The van der Waals surface area contributed by atoms with E-state index >= 15 is 0 Å². The van der Waals surface area contributed by atoms with Crippen LogP contribution in [0.4, 0.5) is 4.79 Å². The molecule has 0 radical (unpaired) electrons. The Bertz CT molecular complexity index is 606. The Balaban J connectivity index is 2.41. The number of hydrogen-bond donors (Lipinski definition) is 0. The Kier molecular flexibility index (Phi) is 4.20. The Morgan fingerprint density at radius 1 is 1.29 bits per heavy atom. The van der Waals surface area contributed by atoms with Gasteiger partial charge in [0, 0.05) is 0 Å². The summed E-state index contributed by atoms with van der Waals surface area (Å²) in [6.07, 6.45) is 4.50. The molecule has 0 spiro atoms. The van der Waals surface area contributed by atoms with Crippen LogP contribution in [0.2, 0.25) is 0 Å². The molecule has 0 unspecified atom stereocenters. The van der Waals surface area contributed by atoms with E-state index in [-0.39, 0.29) is 11.4 Å². The van der Waals surface area contributed by atoms with E-state index in [4.69, 9.17) is 0 Å². The van der Waals surface area contributed by atoms with Crippen molar-refractivity contribution in [2.24, 2.45) is 11.3 Å². The third kappa shape index (κ3) is 3.74. The molecule has 0 aromatic carbocycles. The lowest BCUT2D eigenvalue weighted by Gasteiger charge is -2.19. The van der Waals surface area contributed by atoms with Crippen LogP contribution in [0.25, 0.3) is 0 Å². The third-order valence-corrected chi connectivity index (χ3v) is 2.94. The van der Waals surface area contributed by atoms with Gasteiger partial charge in [-0.25, -0.2) is 4.79 Å². The lowest BCUT2D eigenvalue weighted by atomic mass is 9.89. The highest BCUT2D eigenvalue weighted by atomic mass is 16.2. The van der Waals surface area contributed by atoms with E-state index in [9.17, 15) is 4.79 Å². The van der Waals surface area contributed by atoms with Gasteiger partial charge in [0.1, 0.15) is 0 Å². The topological polar surface area (TPSA) is 78.5 Å². The fraction of sp³-hybridized carbons (Fsp3) is 0.643. The Hall–Kier alpha value is -2.05. The highest BCUT2D eigenvalue weighted by Crippen LogP contribution is 2.23. The van der Waals surface area contributed by atoms with Crippen LogP contribution in [-0.4, -0.2) is 36.0 Å². The Labute approximate surface area is 124 Å². The quantitative estimate of drug-likeness (QED) is 0.865. The molecule has 2 aromatic rings. The molecule has 2 rings (SSSR count). The van der Waals surface area contributed by atoms with Crippen LogP contribution in [0, 0.1) is 11.3 Å². The summed E-state index contributed by atoms with van der Waals surface area (Å²) in [4.78, 5) is 12.4. The van der Waals surface area contributed by atoms with Crippen molar-refractivity contribution in [3.05, 3.63) is 23.8 Å². The van der Waals surface area contributed by atoms with Crippen molar-refractivity contribution in [1.29, 1.82) is 0 Å². The van der Waals surface area contributed by atoms with Gasteiger partial charge in [0.15, 0.2) is 0 Å². The van der Waals surface area contributed by atoms with E-state index in [2.05, 4.69) is 55.2 Å². The van der Waals surface area contributed by atoms with Gasteiger partial charge in [-0.05, 0) is 24.2 Å². The number of rotatable bonds is 3. The van der Waals surface area contributed by atoms with Crippen molar-refractivity contribution < 1.29 is 4.79 Å². The third-order valence-electron chi connectivity index (χ3n) is 2.94. The van der Waals surface area contributed by atoms with Crippen molar-refractivity contribution in [2.45, 2.75) is 47.5 Å². The molecule has 2 heterocycles. The highest BCUT2D eigenvalue weighted by molar-refractivity contribution is 5.77. The molecule has 7 heteroatoms. The average molecular weight is 290 g/mol. The molecule has 114 valence electrons. The lowest BCUT2D eigenvalue weighted by molar-refractivity contribution is 0.235. The van der Waals surface area contributed by atoms with Crippen LogP contribution in [0.3, 0.4) is 0 Å². The van der Waals surface area contributed by atoms with Crippen LogP contribution in [0.1, 0.15) is 46.0 Å². The monoisotopic (exact) mass is 290 g/mol. The predicted molar refractivity (Wildman–Crippen MR) is 77.9 cm³/mol. The first-order valence-corrected chi connectivity index (χ1v) is 7.12. The van der Waals surface area contributed by atoms with Gasteiger partial charge in [0.05, 0.1) is 23.8 Å². The van der Waals surface area contributed by atoms with E-state index in [1.165, 1.54) is 21.8 Å². The molecular formula is C14H22N6O. The molecule has 0 bridgehead atoms. The van der Waals surface area contributed by atoms with E-state index in [0.29, 0.717) is 5.92 Å². The fourth-order valence-electron chi connectivity index (χ4n) is 2.12. The second kappa shape index (κ2) is 5.75. The molecule has 0 atom stereocenters. The van der Waals surface area contributed by atoms with Gasteiger partial charge >= 0.3 is 6.03 Å². The zero-order valence-electron chi connectivity index (χ0n) is 13.2. The average Bonchev–Trinajstić information content (AvgIpc) is 2.97. The molecule has 0 aliphatic heterocycles. The summed E-state index contributed by atoms with van der Waals surface area (Å²) < 4.78 is 2.51. The van der Waals surface area contributed by atoms with Crippen LogP contribution in [-0.2, 0) is 12.8 Å². The fourth-order valence-corrected chi connectivity index (χ4v) is 2.12. The van der Waals surface area contributed by atoms with Gasteiger partial charge in [0.2, 0.25) is 0 Å². The molecule has 0 amide bonds. The van der Waals surface area contributed by atoms with Crippen molar-refractivity contribution in [2.75, 3.05) is 0 Å². The largest absolute Gasteiger partial charge is 0.372 e. The van der Waals surface area contributed by atoms with Gasteiger partial charge in [-0.3, -0.25) is 0 Å². The second-order valence-corrected chi connectivity index (χ2v) is 6.86. The summed E-state index contributed by atoms with van der Waals surface area (Å²) >= 11 is 0. The van der Waals surface area contributed by atoms with Crippen molar-refractivity contribution in [3.8, 4) is 0 Å². The van der Waals surface area contributed by atoms with E-state index in [1.54, 1.807) is 0 Å². The van der Waals surface area contributed by atoms with Gasteiger partial charge in [-0.1, -0.05) is 45.0 Å². The Morgan fingerprint density at radius 2 is 2.00 bits per heavy atom. The minimum atomic E-state index is -0.353. The summed E-state index contributed by atoms with van der Waals surface area (Å²) in [5.74, 6) is 0.454. The SMILES string of the molecule is CC(C)Cc1nnn(C(=O)n2ccnn2)c1CC(C)(C)C. The molecular weight excluding hydrogens is 268 g/mol. The van der Waals surface area contributed by atoms with E-state index in [0.717, 1.165) is 24.2 Å². The van der Waals surface area contributed by atoms with Crippen molar-refractivity contribution >= 4 is 6.03 Å². The normalized spacial score (nSPS) is 12.1. The molecule has 0 saturated heterocycles. The van der Waals surface area contributed by atoms with Crippen LogP contribution in [0.15, 0.2) is 12.4 Å². The van der Waals surface area contributed by atoms with Crippen LogP contribution < -0.4 is 0 Å². The van der Waals surface area contributed by atoms with Crippen molar-refractivity contribution in [1.82, 2.24) is 30.0 Å². The van der Waals surface area contributed by atoms with Crippen molar-refractivity contribution in [3.63, 3.8) is 0 Å². The van der Waals surface area contributed by atoms with Gasteiger partial charge in [-0.2, -0.15) is 9.36 Å². The highest BCUT2D eigenvalue weighted by Gasteiger charge is 2.24. The summed E-state index contributed by atoms with van der Waals surface area (Å²) in [7, 11) is 0. The number of carbonyl (C=O) groups excluding carboxylic acids is 1. The maximum atomic E-state index is 12.4. The van der Waals surface area contributed by atoms with E-state index in [1.807, 2.05) is 0 Å². The molecule has 0 aliphatic rings. The summed E-state index contributed by atoms with van der Waals surface area (Å²) in [5, 5.41) is 15.6. The van der Waals surface area contributed by atoms with E-state index < -0.39 is 0 Å². The minimum Gasteiger partial charge on any atom is -0.243 e. The zero-order valence-corrected chi connectivity index (χ0v) is 13.2. The van der Waals surface area contributed by atoms with Gasteiger partial charge in [-0.15, -0.1) is 10.2 Å². The predicted octanol–water partition coefficient (Wildman–Crippen LogP) is 2.17. The number of aromatic nitrogens is 6. The van der Waals surface area contributed by atoms with Gasteiger partial charge < -0.3 is 0 Å². The Morgan fingerprint density at radius 3 is 2.52 bits per heavy atom. The summed E-state index contributed by atoms with van der Waals surface area (Å²) in [5.41, 5.74) is 1.78. The van der Waals surface area contributed by atoms with Crippen LogP contribution in [0.5, 0.6) is 0 Å². The standard InChI is InChI=1S/C14H22N6O/c1-10(2)8-11-12(9-14(3,4)5)20(18-16-11)13(21)19-7-6-15-17-19/h6-7,10H,8-9H2,1-5H3. The van der Waals surface area contributed by atoms with Gasteiger partial charge in [0.25, 0.3) is 0 Å². The number of nitrogens with zero attached hydrogens (tertiary/aromatic N) is 6. The second-order valence-electron chi connectivity index (χ2n) is 6.86. The summed E-state index contributed by atoms with van der Waals surface area (Å²) in [6, 6.07) is -0.353. The molecule has 7 nitrogen and oxygen atoms in total. The lowest BCUT2D eigenvalue weighted by Crippen LogP contribution is -2.26. The van der Waals surface area contributed by atoms with Crippen LogP contribution >= 0.6 is 0 Å². The first kappa shape index (κ1) is 15.3. The maximum absolute atomic E-state index is 12.4. The molecule has 0 aliphatic carbocycles. The molecule has 2 aromatic heterocycles. The molecule has 0 saturated carbocycles. The molecule has 21 heavy (non-hydrogen) atoms. The summed E-state index contributed by atoms with van der Waals surface area (Å²) in [6.45, 7) is 10.6.